The summed E-state index contributed by atoms with van der Waals surface area (Å²) in [5, 5.41) is 10.6. The molecule has 7 nitrogen and oxygen atoms in total. The minimum Gasteiger partial charge on any atom is -0.496 e. The van der Waals surface area contributed by atoms with E-state index < -0.39 is 21.0 Å². The number of rotatable bonds is 6. The van der Waals surface area contributed by atoms with Crippen molar-refractivity contribution in [2.24, 2.45) is 0 Å². The van der Waals surface area contributed by atoms with Gasteiger partial charge in [0.05, 0.1) is 16.9 Å². The van der Waals surface area contributed by atoms with Crippen LogP contribution in [0.1, 0.15) is 18.5 Å². The van der Waals surface area contributed by atoms with Crippen molar-refractivity contribution in [3.8, 4) is 5.75 Å². The Morgan fingerprint density at radius 3 is 2.30 bits per heavy atom. The molecule has 0 spiro atoms. The highest BCUT2D eigenvalue weighted by atomic mass is 32.2. The maximum atomic E-state index is 12.4. The van der Waals surface area contributed by atoms with E-state index in [0.29, 0.717) is 11.3 Å². The SMILES string of the molecule is COc1ccccc1[C@H](C)NS(=O)(=O)c1ccc([N+](=O)[O-])cc1. The number of nitrogens with zero attached hydrogens (tertiary/aromatic N) is 1. The van der Waals surface area contributed by atoms with E-state index in [4.69, 9.17) is 4.74 Å². The molecule has 0 saturated heterocycles. The number of para-hydroxylation sites is 1. The summed E-state index contributed by atoms with van der Waals surface area (Å²) in [5.41, 5.74) is 0.530. The molecule has 1 atom stereocenters. The van der Waals surface area contributed by atoms with Crippen molar-refractivity contribution >= 4 is 15.7 Å². The number of sulfonamides is 1. The average Bonchev–Trinajstić information content (AvgIpc) is 2.54. The van der Waals surface area contributed by atoms with Gasteiger partial charge in [-0.3, -0.25) is 10.1 Å². The quantitative estimate of drug-likeness (QED) is 0.646. The first-order valence-electron chi connectivity index (χ1n) is 6.75. The summed E-state index contributed by atoms with van der Waals surface area (Å²) in [7, 11) is -2.29. The molecule has 0 unspecified atom stereocenters. The van der Waals surface area contributed by atoms with Gasteiger partial charge < -0.3 is 4.74 Å². The first-order chi connectivity index (χ1) is 10.8. The lowest BCUT2D eigenvalue weighted by molar-refractivity contribution is -0.384. The Morgan fingerprint density at radius 2 is 1.74 bits per heavy atom. The highest BCUT2D eigenvalue weighted by molar-refractivity contribution is 7.89. The summed E-state index contributed by atoms with van der Waals surface area (Å²) >= 11 is 0. The minimum absolute atomic E-state index is 0.0372. The second kappa shape index (κ2) is 6.76. The van der Waals surface area contributed by atoms with E-state index in [9.17, 15) is 18.5 Å². The first kappa shape index (κ1) is 16.9. The largest absolute Gasteiger partial charge is 0.496 e. The molecule has 0 fully saturated rings. The molecule has 0 aromatic heterocycles. The summed E-state index contributed by atoms with van der Waals surface area (Å²) in [4.78, 5) is 10.0. The van der Waals surface area contributed by atoms with Crippen LogP contribution in [-0.2, 0) is 10.0 Å². The number of hydrogen-bond acceptors (Lipinski definition) is 5. The molecule has 0 heterocycles. The van der Waals surface area contributed by atoms with E-state index in [1.165, 1.54) is 19.2 Å². The Hall–Kier alpha value is -2.45. The molecular weight excluding hydrogens is 320 g/mol. The van der Waals surface area contributed by atoms with Gasteiger partial charge in [-0.15, -0.1) is 0 Å². The fourth-order valence-corrected chi connectivity index (χ4v) is 3.36. The molecule has 2 aromatic carbocycles. The Balaban J connectivity index is 2.25. The van der Waals surface area contributed by atoms with Crippen LogP contribution in [0.4, 0.5) is 5.69 Å². The summed E-state index contributed by atoms with van der Waals surface area (Å²) in [6.45, 7) is 1.70. The lowest BCUT2D eigenvalue weighted by atomic mass is 10.1. The summed E-state index contributed by atoms with van der Waals surface area (Å²) in [5.74, 6) is 0.575. The van der Waals surface area contributed by atoms with Gasteiger partial charge in [0.25, 0.3) is 5.69 Å². The molecule has 2 aromatic rings. The van der Waals surface area contributed by atoms with E-state index >= 15 is 0 Å². The van der Waals surface area contributed by atoms with Gasteiger partial charge in [0.15, 0.2) is 0 Å². The third-order valence-electron chi connectivity index (χ3n) is 3.30. The van der Waals surface area contributed by atoms with Gasteiger partial charge in [-0.2, -0.15) is 0 Å². The van der Waals surface area contributed by atoms with Gasteiger partial charge in [0.2, 0.25) is 10.0 Å². The number of nitro groups is 1. The highest BCUT2D eigenvalue weighted by Crippen LogP contribution is 2.26. The van der Waals surface area contributed by atoms with E-state index in [1.54, 1.807) is 31.2 Å². The zero-order valence-electron chi connectivity index (χ0n) is 12.6. The summed E-state index contributed by atoms with van der Waals surface area (Å²) in [6.07, 6.45) is 0. The predicted octanol–water partition coefficient (Wildman–Crippen LogP) is 2.64. The van der Waals surface area contributed by atoms with Crippen LogP contribution in [0.2, 0.25) is 0 Å². The second-order valence-electron chi connectivity index (χ2n) is 4.84. The highest BCUT2D eigenvalue weighted by Gasteiger charge is 2.21. The number of nitrogens with one attached hydrogen (secondary N) is 1. The van der Waals surface area contributed by atoms with Crippen LogP contribution in [0.15, 0.2) is 53.4 Å². The summed E-state index contributed by atoms with van der Waals surface area (Å²) < 4.78 is 32.5. The Morgan fingerprint density at radius 1 is 1.13 bits per heavy atom. The van der Waals surface area contributed by atoms with Gasteiger partial charge in [0.1, 0.15) is 5.75 Å². The van der Waals surface area contributed by atoms with Crippen molar-refractivity contribution in [1.82, 2.24) is 4.72 Å². The third kappa shape index (κ3) is 3.85. The minimum atomic E-state index is -3.80. The fraction of sp³-hybridized carbons (Fsp3) is 0.200. The molecule has 122 valence electrons. The van der Waals surface area contributed by atoms with Gasteiger partial charge in [-0.05, 0) is 25.1 Å². The second-order valence-corrected chi connectivity index (χ2v) is 6.55. The van der Waals surface area contributed by atoms with Crippen LogP contribution in [0.25, 0.3) is 0 Å². The normalized spacial score (nSPS) is 12.6. The van der Waals surface area contributed by atoms with Crippen molar-refractivity contribution in [2.45, 2.75) is 17.9 Å². The number of ether oxygens (including phenoxy) is 1. The zero-order chi connectivity index (χ0) is 17.0. The predicted molar refractivity (Wildman–Crippen MR) is 84.8 cm³/mol. The van der Waals surface area contributed by atoms with Gasteiger partial charge in [-0.1, -0.05) is 18.2 Å². The molecule has 23 heavy (non-hydrogen) atoms. The Labute approximate surface area is 134 Å². The number of benzene rings is 2. The first-order valence-corrected chi connectivity index (χ1v) is 8.23. The third-order valence-corrected chi connectivity index (χ3v) is 4.85. The molecule has 0 radical (unpaired) electrons. The monoisotopic (exact) mass is 336 g/mol. The van der Waals surface area contributed by atoms with E-state index in [1.807, 2.05) is 0 Å². The van der Waals surface area contributed by atoms with E-state index in [-0.39, 0.29) is 10.6 Å². The lowest BCUT2D eigenvalue weighted by Gasteiger charge is -2.17. The van der Waals surface area contributed by atoms with Gasteiger partial charge >= 0.3 is 0 Å². The van der Waals surface area contributed by atoms with Crippen LogP contribution in [-0.4, -0.2) is 20.5 Å². The lowest BCUT2D eigenvalue weighted by Crippen LogP contribution is -2.27. The van der Waals surface area contributed by atoms with Crippen LogP contribution in [0.5, 0.6) is 5.75 Å². The molecule has 0 bridgehead atoms. The zero-order valence-corrected chi connectivity index (χ0v) is 13.4. The summed E-state index contributed by atoms with van der Waals surface area (Å²) in [6, 6.07) is 11.3. The molecule has 8 heteroatoms. The van der Waals surface area contributed by atoms with Crippen LogP contribution >= 0.6 is 0 Å². The van der Waals surface area contributed by atoms with Crippen molar-refractivity contribution < 1.29 is 18.1 Å². The van der Waals surface area contributed by atoms with Crippen molar-refractivity contribution in [3.05, 3.63) is 64.2 Å². The molecule has 0 aliphatic carbocycles. The fourth-order valence-electron chi connectivity index (χ4n) is 2.14. The van der Waals surface area contributed by atoms with Crippen LogP contribution in [0, 0.1) is 10.1 Å². The van der Waals surface area contributed by atoms with Crippen molar-refractivity contribution in [3.63, 3.8) is 0 Å². The number of non-ortho nitro benzene ring substituents is 1. The maximum absolute atomic E-state index is 12.4. The maximum Gasteiger partial charge on any atom is 0.269 e. The molecule has 0 aliphatic rings. The van der Waals surface area contributed by atoms with Crippen LogP contribution < -0.4 is 9.46 Å². The van der Waals surface area contributed by atoms with Crippen molar-refractivity contribution in [1.29, 1.82) is 0 Å². The number of methoxy groups -OCH3 is 1. The van der Waals surface area contributed by atoms with E-state index in [0.717, 1.165) is 12.1 Å². The molecule has 2 rings (SSSR count). The molecular formula is C15H16N2O5S. The molecule has 0 amide bonds. The van der Waals surface area contributed by atoms with Crippen LogP contribution in [0.3, 0.4) is 0 Å². The van der Waals surface area contributed by atoms with Crippen molar-refractivity contribution in [2.75, 3.05) is 7.11 Å². The molecule has 0 aliphatic heterocycles. The number of hydrogen-bond donors (Lipinski definition) is 1. The van der Waals surface area contributed by atoms with Gasteiger partial charge in [-0.25, -0.2) is 13.1 Å². The molecule has 0 saturated carbocycles. The smallest absolute Gasteiger partial charge is 0.269 e. The van der Waals surface area contributed by atoms with E-state index in [2.05, 4.69) is 4.72 Å². The average molecular weight is 336 g/mol. The molecule has 1 N–H and O–H groups in total. The number of nitro benzene ring substituents is 1. The topological polar surface area (TPSA) is 98.5 Å². The Kier molecular flexibility index (Phi) is 4.97. The standard InChI is InChI=1S/C15H16N2O5S/c1-11(14-5-3-4-6-15(14)22-2)16-23(20,21)13-9-7-12(8-10-13)17(18)19/h3-11,16H,1-2H3/t11-/m0/s1. The Bertz CT molecular complexity index is 803. The van der Waals surface area contributed by atoms with Gasteiger partial charge in [0, 0.05) is 23.7 Å².